The minimum Gasteiger partial charge on any atom is -0.308 e. The molecule has 7 nitrogen and oxygen atoms in total. The topological polar surface area (TPSA) is 110 Å². The summed E-state index contributed by atoms with van der Waals surface area (Å²) in [7, 11) is -7.93. The van der Waals surface area contributed by atoms with E-state index in [0.717, 1.165) is 11.6 Å². The Morgan fingerprint density at radius 1 is 1.04 bits per heavy atom. The number of para-hydroxylation sites is 1. The summed E-state index contributed by atoms with van der Waals surface area (Å²) >= 11 is 0. The van der Waals surface area contributed by atoms with Gasteiger partial charge in [-0.05, 0) is 36.8 Å². The van der Waals surface area contributed by atoms with Gasteiger partial charge in [-0.15, -0.1) is 0 Å². The summed E-state index contributed by atoms with van der Waals surface area (Å²) in [6, 6.07) is 12.3. The summed E-state index contributed by atoms with van der Waals surface area (Å²) in [4.78, 5) is -0.342. The van der Waals surface area contributed by atoms with Crippen LogP contribution >= 0.6 is 0 Å². The number of fused-ring (bicyclic) bond motifs is 1. The molecule has 9 heteroatoms. The number of nitrogens with zero attached hydrogens (tertiary/aromatic N) is 1. The zero-order valence-electron chi connectivity index (χ0n) is 13.6. The fourth-order valence-corrected chi connectivity index (χ4v) is 5.04. The van der Waals surface area contributed by atoms with Gasteiger partial charge < -0.3 is 5.32 Å². The van der Waals surface area contributed by atoms with Gasteiger partial charge in [-0.1, -0.05) is 24.3 Å². The van der Waals surface area contributed by atoms with Gasteiger partial charge in [0.2, 0.25) is 10.0 Å². The van der Waals surface area contributed by atoms with Crippen LogP contribution in [-0.2, 0) is 26.6 Å². The summed E-state index contributed by atoms with van der Waals surface area (Å²) in [6.45, 7) is 2.69. The number of nitrogens with two attached hydrogens (primary N) is 1. The first-order valence-corrected chi connectivity index (χ1v) is 10.6. The second-order valence-electron chi connectivity index (χ2n) is 5.97. The van der Waals surface area contributed by atoms with E-state index >= 15 is 0 Å². The maximum atomic E-state index is 13.2. The van der Waals surface area contributed by atoms with Gasteiger partial charge in [0.25, 0.3) is 10.0 Å². The first-order chi connectivity index (χ1) is 11.7. The van der Waals surface area contributed by atoms with Crippen LogP contribution in [0.25, 0.3) is 0 Å². The van der Waals surface area contributed by atoms with E-state index in [1.807, 2.05) is 19.1 Å². The minimum atomic E-state index is -3.99. The van der Waals surface area contributed by atoms with Crippen molar-refractivity contribution in [3.63, 3.8) is 0 Å². The molecule has 2 aromatic rings. The number of rotatable bonds is 3. The van der Waals surface area contributed by atoms with Crippen LogP contribution in [0, 0.1) is 0 Å². The number of sulfonamides is 2. The average Bonchev–Trinajstić information content (AvgIpc) is 2.74. The van der Waals surface area contributed by atoms with E-state index in [4.69, 9.17) is 5.14 Å². The van der Waals surface area contributed by atoms with E-state index < -0.39 is 20.0 Å². The monoisotopic (exact) mass is 381 g/mol. The van der Waals surface area contributed by atoms with Gasteiger partial charge in [0.05, 0.1) is 15.5 Å². The predicted molar refractivity (Wildman–Crippen MR) is 95.1 cm³/mol. The van der Waals surface area contributed by atoms with Gasteiger partial charge in [0.1, 0.15) is 0 Å². The lowest BCUT2D eigenvalue weighted by Gasteiger charge is -2.26. The molecule has 0 saturated carbocycles. The second-order valence-corrected chi connectivity index (χ2v) is 9.39. The van der Waals surface area contributed by atoms with Crippen LogP contribution in [0.3, 0.4) is 0 Å². The van der Waals surface area contributed by atoms with Crippen molar-refractivity contribution in [3.8, 4) is 0 Å². The Hall–Kier alpha value is -1.94. The lowest BCUT2D eigenvalue weighted by molar-refractivity contribution is 0.556. The van der Waals surface area contributed by atoms with Crippen LogP contribution < -0.4 is 14.8 Å². The van der Waals surface area contributed by atoms with Crippen molar-refractivity contribution in [1.82, 2.24) is 5.32 Å². The van der Waals surface area contributed by atoms with E-state index in [-0.39, 0.29) is 22.4 Å². The molecule has 0 aromatic heterocycles. The standard InChI is InChI=1S/C16H19N3O4S2/c1-12-11-19(16-8-3-2-5-13(16)10-18-12)25(22,23)15-7-4-6-14(9-15)24(17,20)21/h2-9,12,18H,10-11H2,1H3,(H2,17,20,21). The molecule has 1 aliphatic rings. The van der Waals surface area contributed by atoms with Crippen molar-refractivity contribution < 1.29 is 16.8 Å². The molecule has 2 aromatic carbocycles. The Bertz CT molecular complexity index is 1000. The Morgan fingerprint density at radius 2 is 1.72 bits per heavy atom. The molecule has 3 N–H and O–H groups in total. The number of nitrogens with one attached hydrogen (secondary N) is 1. The van der Waals surface area contributed by atoms with E-state index in [9.17, 15) is 16.8 Å². The van der Waals surface area contributed by atoms with Crippen molar-refractivity contribution >= 4 is 25.7 Å². The van der Waals surface area contributed by atoms with Gasteiger partial charge >= 0.3 is 0 Å². The molecule has 0 fully saturated rings. The van der Waals surface area contributed by atoms with Crippen LogP contribution in [0.2, 0.25) is 0 Å². The minimum absolute atomic E-state index is 0.0661. The number of benzene rings is 2. The third kappa shape index (κ3) is 3.54. The van der Waals surface area contributed by atoms with E-state index in [1.165, 1.54) is 22.5 Å². The van der Waals surface area contributed by atoms with Crippen molar-refractivity contribution in [1.29, 1.82) is 0 Å². The molecule has 25 heavy (non-hydrogen) atoms. The molecule has 0 amide bonds. The summed E-state index contributed by atoms with van der Waals surface area (Å²) in [5.41, 5.74) is 1.44. The predicted octanol–water partition coefficient (Wildman–Crippen LogP) is 1.02. The lowest BCUT2D eigenvalue weighted by atomic mass is 10.2. The summed E-state index contributed by atoms with van der Waals surface area (Å²) < 4.78 is 50.8. The number of hydrogen-bond acceptors (Lipinski definition) is 5. The molecule has 0 spiro atoms. The highest BCUT2D eigenvalue weighted by atomic mass is 32.2. The van der Waals surface area contributed by atoms with Crippen molar-refractivity contribution in [3.05, 3.63) is 54.1 Å². The molecule has 1 atom stereocenters. The maximum Gasteiger partial charge on any atom is 0.264 e. The van der Waals surface area contributed by atoms with Crippen molar-refractivity contribution in [2.45, 2.75) is 29.3 Å². The highest BCUT2D eigenvalue weighted by Crippen LogP contribution is 2.29. The molecular weight excluding hydrogens is 362 g/mol. The SMILES string of the molecule is CC1CN(S(=O)(=O)c2cccc(S(N)(=O)=O)c2)c2ccccc2CN1. The van der Waals surface area contributed by atoms with Crippen molar-refractivity contribution in [2.75, 3.05) is 10.8 Å². The quantitative estimate of drug-likeness (QED) is 0.825. The molecule has 1 heterocycles. The average molecular weight is 381 g/mol. The molecule has 0 saturated heterocycles. The molecule has 0 bridgehead atoms. The van der Waals surface area contributed by atoms with Gasteiger partial charge in [-0.3, -0.25) is 4.31 Å². The van der Waals surface area contributed by atoms with Crippen LogP contribution in [0.5, 0.6) is 0 Å². The van der Waals surface area contributed by atoms with Gasteiger partial charge in [0, 0.05) is 19.1 Å². The highest BCUT2D eigenvalue weighted by molar-refractivity contribution is 7.93. The smallest absolute Gasteiger partial charge is 0.264 e. The third-order valence-corrected chi connectivity index (χ3v) is 6.75. The first-order valence-electron chi connectivity index (χ1n) is 7.66. The zero-order chi connectivity index (χ0) is 18.2. The molecule has 3 rings (SSSR count). The van der Waals surface area contributed by atoms with Crippen molar-refractivity contribution in [2.24, 2.45) is 5.14 Å². The van der Waals surface area contributed by atoms with Gasteiger partial charge in [-0.25, -0.2) is 22.0 Å². The van der Waals surface area contributed by atoms with E-state index in [2.05, 4.69) is 5.32 Å². The third-order valence-electron chi connectivity index (χ3n) is 4.06. The molecule has 1 unspecified atom stereocenters. The highest BCUT2D eigenvalue weighted by Gasteiger charge is 2.30. The lowest BCUT2D eigenvalue weighted by Crippen LogP contribution is -2.39. The summed E-state index contributed by atoms with van der Waals surface area (Å²) in [6.07, 6.45) is 0. The number of anilines is 1. The summed E-state index contributed by atoms with van der Waals surface area (Å²) in [5, 5.41) is 8.39. The van der Waals surface area contributed by atoms with E-state index in [0.29, 0.717) is 12.2 Å². The van der Waals surface area contributed by atoms with Crippen LogP contribution in [-0.4, -0.2) is 29.4 Å². The number of primary sulfonamides is 1. The fraction of sp³-hybridized carbons (Fsp3) is 0.250. The Morgan fingerprint density at radius 3 is 2.44 bits per heavy atom. The molecule has 0 radical (unpaired) electrons. The van der Waals surface area contributed by atoms with Crippen LogP contribution in [0.15, 0.2) is 58.3 Å². The molecule has 1 aliphatic heterocycles. The molecule has 134 valence electrons. The van der Waals surface area contributed by atoms with Gasteiger partial charge in [-0.2, -0.15) is 0 Å². The first kappa shape index (κ1) is 17.9. The zero-order valence-corrected chi connectivity index (χ0v) is 15.2. The normalized spacial score (nSPS) is 18.5. The maximum absolute atomic E-state index is 13.2. The number of hydrogen-bond donors (Lipinski definition) is 2. The fourth-order valence-electron chi connectivity index (χ4n) is 2.77. The molecular formula is C16H19N3O4S2. The molecule has 0 aliphatic carbocycles. The largest absolute Gasteiger partial charge is 0.308 e. The Labute approximate surface area is 147 Å². The van der Waals surface area contributed by atoms with Crippen LogP contribution in [0.4, 0.5) is 5.69 Å². The van der Waals surface area contributed by atoms with E-state index in [1.54, 1.807) is 12.1 Å². The van der Waals surface area contributed by atoms with Crippen LogP contribution in [0.1, 0.15) is 12.5 Å². The Balaban J connectivity index is 2.14. The summed E-state index contributed by atoms with van der Waals surface area (Å²) in [5.74, 6) is 0. The second kappa shape index (κ2) is 6.41. The Kier molecular flexibility index (Phi) is 4.58. The van der Waals surface area contributed by atoms with Gasteiger partial charge in [0.15, 0.2) is 0 Å².